The molecule has 4 aromatic rings. The van der Waals surface area contributed by atoms with Gasteiger partial charge in [0.15, 0.2) is 5.58 Å². The Hall–Kier alpha value is -3.78. The lowest BCUT2D eigenvalue weighted by molar-refractivity contribution is -0.121. The molecular formula is C30H33N5O3. The summed E-state index contributed by atoms with van der Waals surface area (Å²) in [4.78, 5) is 34.7. The van der Waals surface area contributed by atoms with E-state index in [1.807, 2.05) is 30.3 Å². The van der Waals surface area contributed by atoms with E-state index in [0.717, 1.165) is 68.0 Å². The van der Waals surface area contributed by atoms with Crippen LogP contribution in [0.1, 0.15) is 57.1 Å². The number of hydrogen-bond acceptors (Lipinski definition) is 6. The number of nitrogens with one attached hydrogen (secondary N) is 3. The molecule has 2 heterocycles. The minimum Gasteiger partial charge on any atom is -0.423 e. The Kier molecular flexibility index (Phi) is 7.05. The average molecular weight is 512 g/mol. The van der Waals surface area contributed by atoms with Crippen molar-refractivity contribution in [3.63, 3.8) is 0 Å². The van der Waals surface area contributed by atoms with Gasteiger partial charge in [0.05, 0.1) is 11.2 Å². The van der Waals surface area contributed by atoms with E-state index in [4.69, 9.17) is 9.40 Å². The standard InChI is InChI=1S/C30H33N5O3/c36-28(20-7-1-2-8-20)35-30-34-26-15-14-23(17-27(26)38-30)33-29(37)21-9-5-10-22(16-21)31-18-24-13-12-19-6-3-4-11-25(19)32-24/h3-4,6,11-15,17,20-22,31H,1-2,5,7-10,16,18H2,(H,33,37)(H,34,35,36). The molecule has 2 aromatic carbocycles. The molecule has 0 radical (unpaired) electrons. The first-order chi connectivity index (χ1) is 18.6. The zero-order valence-electron chi connectivity index (χ0n) is 21.4. The van der Waals surface area contributed by atoms with Gasteiger partial charge in [0.1, 0.15) is 5.52 Å². The fourth-order valence-corrected chi connectivity index (χ4v) is 5.76. The number of amides is 2. The number of anilines is 2. The third-order valence-corrected chi connectivity index (χ3v) is 7.89. The minimum atomic E-state index is -0.0579. The monoisotopic (exact) mass is 511 g/mol. The molecule has 2 aromatic heterocycles. The van der Waals surface area contributed by atoms with Crippen LogP contribution in [0.25, 0.3) is 22.0 Å². The number of para-hydroxylation sites is 1. The maximum Gasteiger partial charge on any atom is 0.302 e. The second kappa shape index (κ2) is 10.9. The van der Waals surface area contributed by atoms with Crippen LogP contribution in [0.4, 0.5) is 11.7 Å². The summed E-state index contributed by atoms with van der Waals surface area (Å²) >= 11 is 0. The summed E-state index contributed by atoms with van der Waals surface area (Å²) in [6, 6.07) is 18.2. The number of aromatic nitrogens is 2. The van der Waals surface area contributed by atoms with E-state index < -0.39 is 0 Å². The van der Waals surface area contributed by atoms with E-state index >= 15 is 0 Å². The fourth-order valence-electron chi connectivity index (χ4n) is 5.76. The number of hydrogen-bond donors (Lipinski definition) is 3. The van der Waals surface area contributed by atoms with Crippen LogP contribution in [0.2, 0.25) is 0 Å². The van der Waals surface area contributed by atoms with Gasteiger partial charge in [-0.3, -0.25) is 19.9 Å². The van der Waals surface area contributed by atoms with Crippen molar-refractivity contribution in [3.05, 3.63) is 60.3 Å². The van der Waals surface area contributed by atoms with Crippen molar-refractivity contribution in [1.29, 1.82) is 0 Å². The first-order valence-electron chi connectivity index (χ1n) is 13.7. The lowest BCUT2D eigenvalue weighted by Crippen LogP contribution is -2.37. The fraction of sp³-hybridized carbons (Fsp3) is 0.400. The van der Waals surface area contributed by atoms with Gasteiger partial charge >= 0.3 is 6.01 Å². The SMILES string of the molecule is O=C(Nc1ccc2nc(NC(=O)C3CCCC3)oc2c1)C1CCCC(NCc2ccc3ccccc3n2)C1. The quantitative estimate of drug-likeness (QED) is 0.290. The van der Waals surface area contributed by atoms with Crippen LogP contribution in [0.3, 0.4) is 0 Å². The largest absolute Gasteiger partial charge is 0.423 e. The van der Waals surface area contributed by atoms with Crippen molar-refractivity contribution in [2.24, 2.45) is 11.8 Å². The molecule has 8 nitrogen and oxygen atoms in total. The molecular weight excluding hydrogens is 478 g/mol. The Balaban J connectivity index is 1.04. The molecule has 0 bridgehead atoms. The van der Waals surface area contributed by atoms with E-state index in [2.05, 4.69) is 39.1 Å². The summed E-state index contributed by atoms with van der Waals surface area (Å²) in [6.07, 6.45) is 7.74. The van der Waals surface area contributed by atoms with Gasteiger partial charge in [-0.2, -0.15) is 4.98 Å². The Morgan fingerprint density at radius 3 is 2.53 bits per heavy atom. The number of fused-ring (bicyclic) bond motifs is 2. The molecule has 2 aliphatic carbocycles. The van der Waals surface area contributed by atoms with Gasteiger partial charge in [-0.25, -0.2) is 0 Å². The van der Waals surface area contributed by atoms with Gasteiger partial charge in [0, 0.05) is 41.6 Å². The van der Waals surface area contributed by atoms with Gasteiger partial charge in [-0.15, -0.1) is 0 Å². The molecule has 0 spiro atoms. The van der Waals surface area contributed by atoms with Crippen LogP contribution in [0, 0.1) is 11.8 Å². The molecule has 6 rings (SSSR count). The summed E-state index contributed by atoms with van der Waals surface area (Å²) in [6.45, 7) is 0.686. The van der Waals surface area contributed by atoms with Crippen LogP contribution in [0.15, 0.2) is 59.0 Å². The number of carbonyl (C=O) groups excluding carboxylic acids is 2. The summed E-state index contributed by atoms with van der Waals surface area (Å²) in [5.74, 6) is -0.0246. The third kappa shape index (κ3) is 5.55. The highest BCUT2D eigenvalue weighted by Crippen LogP contribution is 2.29. The minimum absolute atomic E-state index is 0.0222. The van der Waals surface area contributed by atoms with Crippen LogP contribution < -0.4 is 16.0 Å². The first-order valence-corrected chi connectivity index (χ1v) is 13.7. The number of rotatable bonds is 7. The zero-order valence-corrected chi connectivity index (χ0v) is 21.4. The molecule has 2 atom stereocenters. The number of oxazole rings is 1. The van der Waals surface area contributed by atoms with Gasteiger partial charge < -0.3 is 15.1 Å². The molecule has 38 heavy (non-hydrogen) atoms. The van der Waals surface area contributed by atoms with E-state index in [0.29, 0.717) is 23.3 Å². The highest BCUT2D eigenvalue weighted by atomic mass is 16.4. The van der Waals surface area contributed by atoms with Crippen molar-refractivity contribution in [1.82, 2.24) is 15.3 Å². The maximum atomic E-state index is 13.1. The van der Waals surface area contributed by atoms with Crippen molar-refractivity contribution < 1.29 is 14.0 Å². The van der Waals surface area contributed by atoms with E-state index in [9.17, 15) is 9.59 Å². The predicted molar refractivity (Wildman–Crippen MR) is 148 cm³/mol. The number of benzene rings is 2. The van der Waals surface area contributed by atoms with Gasteiger partial charge in [-0.1, -0.05) is 43.5 Å². The van der Waals surface area contributed by atoms with Crippen molar-refractivity contribution in [2.75, 3.05) is 10.6 Å². The highest BCUT2D eigenvalue weighted by Gasteiger charge is 2.28. The Morgan fingerprint density at radius 1 is 0.816 bits per heavy atom. The molecule has 3 N–H and O–H groups in total. The molecule has 2 fully saturated rings. The summed E-state index contributed by atoms with van der Waals surface area (Å²) < 4.78 is 5.77. The maximum absolute atomic E-state index is 13.1. The van der Waals surface area contributed by atoms with Gasteiger partial charge in [-0.05, 0) is 56.4 Å². The Labute approximate surface area is 221 Å². The van der Waals surface area contributed by atoms with E-state index in [1.165, 1.54) is 0 Å². The molecule has 2 saturated carbocycles. The summed E-state index contributed by atoms with van der Waals surface area (Å²) in [7, 11) is 0. The first kappa shape index (κ1) is 24.6. The van der Waals surface area contributed by atoms with Crippen molar-refractivity contribution in [2.45, 2.75) is 64.0 Å². The molecule has 2 aliphatic rings. The second-order valence-corrected chi connectivity index (χ2v) is 10.6. The normalized spacial score (nSPS) is 20.1. The van der Waals surface area contributed by atoms with Crippen LogP contribution in [-0.4, -0.2) is 27.8 Å². The lowest BCUT2D eigenvalue weighted by atomic mass is 9.85. The van der Waals surface area contributed by atoms with E-state index in [-0.39, 0.29) is 35.7 Å². The van der Waals surface area contributed by atoms with Gasteiger partial charge in [0.25, 0.3) is 0 Å². The highest BCUT2D eigenvalue weighted by molar-refractivity contribution is 5.95. The molecule has 0 saturated heterocycles. The van der Waals surface area contributed by atoms with Crippen molar-refractivity contribution in [3.8, 4) is 0 Å². The molecule has 0 aliphatic heterocycles. The van der Waals surface area contributed by atoms with Crippen molar-refractivity contribution >= 4 is 45.5 Å². The smallest absolute Gasteiger partial charge is 0.302 e. The second-order valence-electron chi connectivity index (χ2n) is 10.6. The van der Waals surface area contributed by atoms with E-state index in [1.54, 1.807) is 6.07 Å². The average Bonchev–Trinajstić information content (AvgIpc) is 3.62. The topological polar surface area (TPSA) is 109 Å². The Morgan fingerprint density at radius 2 is 1.63 bits per heavy atom. The molecule has 196 valence electrons. The molecule has 8 heteroatoms. The van der Waals surface area contributed by atoms with Crippen LogP contribution in [-0.2, 0) is 16.1 Å². The third-order valence-electron chi connectivity index (χ3n) is 7.89. The summed E-state index contributed by atoms with van der Waals surface area (Å²) in [5, 5.41) is 10.6. The number of pyridine rings is 1. The van der Waals surface area contributed by atoms with Crippen LogP contribution >= 0.6 is 0 Å². The zero-order chi connectivity index (χ0) is 25.9. The lowest BCUT2D eigenvalue weighted by Gasteiger charge is -2.29. The number of nitrogens with zero attached hydrogens (tertiary/aromatic N) is 2. The van der Waals surface area contributed by atoms with Crippen LogP contribution in [0.5, 0.6) is 0 Å². The summed E-state index contributed by atoms with van der Waals surface area (Å²) in [5.41, 5.74) is 3.86. The predicted octanol–water partition coefficient (Wildman–Crippen LogP) is 5.79. The number of carbonyl (C=O) groups is 2. The Bertz CT molecular complexity index is 1460. The van der Waals surface area contributed by atoms with Gasteiger partial charge in [0.2, 0.25) is 11.8 Å². The molecule has 2 unspecified atom stereocenters. The molecule has 2 amide bonds.